The van der Waals surface area contributed by atoms with Crippen LogP contribution in [0.15, 0.2) is 64.5 Å². The Morgan fingerprint density at radius 3 is 2.41 bits per heavy atom. The number of hydrogen-bond donors (Lipinski definition) is 2. The van der Waals surface area contributed by atoms with Crippen molar-refractivity contribution in [1.82, 2.24) is 14.7 Å². The smallest absolute Gasteiger partial charge is 0.242 e. The van der Waals surface area contributed by atoms with Crippen LogP contribution in [-0.4, -0.2) is 33.1 Å². The number of halogens is 1. The zero-order valence-electron chi connectivity index (χ0n) is 15.8. The van der Waals surface area contributed by atoms with E-state index >= 15 is 0 Å². The average Bonchev–Trinajstić information content (AvgIpc) is 3.16. The van der Waals surface area contributed by atoms with Crippen molar-refractivity contribution >= 4 is 31.5 Å². The van der Waals surface area contributed by atoms with Crippen LogP contribution in [0.2, 0.25) is 5.02 Å². The highest BCUT2D eigenvalue weighted by Crippen LogP contribution is 2.27. The summed E-state index contributed by atoms with van der Waals surface area (Å²) in [6.07, 6.45) is 3.06. The van der Waals surface area contributed by atoms with Gasteiger partial charge < -0.3 is 4.98 Å². The minimum Gasteiger partial charge on any atom is -0.341 e. The summed E-state index contributed by atoms with van der Waals surface area (Å²) < 4.78 is 52.0. The van der Waals surface area contributed by atoms with Gasteiger partial charge in [-0.25, -0.2) is 26.5 Å². The highest BCUT2D eigenvalue weighted by Gasteiger charge is 2.26. The maximum atomic E-state index is 12.9. The summed E-state index contributed by atoms with van der Waals surface area (Å²) in [6, 6.07) is 12.5. The molecule has 0 aliphatic carbocycles. The molecule has 0 spiro atoms. The molecule has 0 radical (unpaired) electrons. The topological polar surface area (TPSA) is 109 Å². The molecular formula is C19H20ClN3O4S2. The zero-order chi connectivity index (χ0) is 21.2. The molecule has 1 aromatic heterocycles. The lowest BCUT2D eigenvalue weighted by Crippen LogP contribution is -2.29. The van der Waals surface area contributed by atoms with Crippen molar-refractivity contribution in [1.29, 1.82) is 0 Å². The molecule has 10 heteroatoms. The maximum absolute atomic E-state index is 12.9. The van der Waals surface area contributed by atoms with Gasteiger partial charge in [-0.2, -0.15) is 0 Å². The Balaban J connectivity index is 1.92. The molecule has 1 unspecified atom stereocenters. The van der Waals surface area contributed by atoms with E-state index in [4.69, 9.17) is 11.6 Å². The molecule has 3 aromatic rings. The predicted octanol–water partition coefficient (Wildman–Crippen LogP) is 3.56. The molecule has 0 fully saturated rings. The molecule has 0 amide bonds. The number of nitrogens with zero attached hydrogens (tertiary/aromatic N) is 1. The lowest BCUT2D eigenvalue weighted by Gasteiger charge is -2.16. The van der Waals surface area contributed by atoms with Gasteiger partial charge in [0, 0.05) is 6.26 Å². The number of aromatic nitrogens is 2. The second-order valence-corrected chi connectivity index (χ2v) is 10.6. The number of H-pyrrole nitrogens is 1. The van der Waals surface area contributed by atoms with Crippen molar-refractivity contribution in [2.45, 2.75) is 29.2 Å². The van der Waals surface area contributed by atoms with E-state index < -0.39 is 25.9 Å². The Labute approximate surface area is 175 Å². The molecule has 154 valence electrons. The van der Waals surface area contributed by atoms with Crippen molar-refractivity contribution in [3.05, 3.63) is 65.6 Å². The molecule has 0 aliphatic rings. The summed E-state index contributed by atoms with van der Waals surface area (Å²) in [7, 11) is -7.68. The van der Waals surface area contributed by atoms with Gasteiger partial charge in [-0.1, -0.05) is 48.9 Å². The van der Waals surface area contributed by atoms with Crippen molar-refractivity contribution in [2.75, 3.05) is 6.26 Å². The lowest BCUT2D eigenvalue weighted by molar-refractivity contribution is 0.539. The molecule has 0 saturated heterocycles. The van der Waals surface area contributed by atoms with Gasteiger partial charge in [-0.15, -0.1) is 0 Å². The van der Waals surface area contributed by atoms with Crippen LogP contribution < -0.4 is 4.72 Å². The van der Waals surface area contributed by atoms with Crippen molar-refractivity contribution < 1.29 is 16.8 Å². The number of hydrogen-bond acceptors (Lipinski definition) is 5. The van der Waals surface area contributed by atoms with E-state index in [0.29, 0.717) is 12.2 Å². The average molecular weight is 454 g/mol. The second kappa shape index (κ2) is 8.27. The van der Waals surface area contributed by atoms with Crippen molar-refractivity contribution in [2.24, 2.45) is 0 Å². The summed E-state index contributed by atoms with van der Waals surface area (Å²) in [4.78, 5) is 7.03. The molecular weight excluding hydrogens is 434 g/mol. The first kappa shape index (κ1) is 21.5. The summed E-state index contributed by atoms with van der Waals surface area (Å²) in [6.45, 7) is 1.81. The quantitative estimate of drug-likeness (QED) is 0.568. The molecule has 3 rings (SSSR count). The van der Waals surface area contributed by atoms with Gasteiger partial charge in [0.1, 0.15) is 10.7 Å². The van der Waals surface area contributed by atoms with Gasteiger partial charge >= 0.3 is 0 Å². The van der Waals surface area contributed by atoms with Gasteiger partial charge in [0.2, 0.25) is 10.0 Å². The van der Waals surface area contributed by atoms with Gasteiger partial charge in [0.05, 0.1) is 27.9 Å². The van der Waals surface area contributed by atoms with Crippen molar-refractivity contribution in [3.63, 3.8) is 0 Å². The second-order valence-electron chi connectivity index (χ2n) is 6.49. The number of nitrogens with one attached hydrogen (secondary N) is 2. The third kappa shape index (κ3) is 4.87. The van der Waals surface area contributed by atoms with E-state index in [1.54, 1.807) is 6.20 Å². The van der Waals surface area contributed by atoms with Crippen LogP contribution in [0.1, 0.15) is 25.2 Å². The van der Waals surface area contributed by atoms with Gasteiger partial charge in [-0.3, -0.25) is 0 Å². The number of imidazole rings is 1. The van der Waals surface area contributed by atoms with Crippen LogP contribution >= 0.6 is 11.6 Å². The highest BCUT2D eigenvalue weighted by molar-refractivity contribution is 7.91. The monoisotopic (exact) mass is 453 g/mol. The Hall–Kier alpha value is -2.20. The van der Waals surface area contributed by atoms with E-state index in [2.05, 4.69) is 14.7 Å². The minimum absolute atomic E-state index is 0.0656. The largest absolute Gasteiger partial charge is 0.341 e. The van der Waals surface area contributed by atoms with E-state index in [1.807, 2.05) is 37.3 Å². The number of sulfone groups is 1. The SMILES string of the molecule is CCC(NS(=O)(=O)c1cc(S(C)(=O)=O)ccc1Cl)c1ncc(-c2ccccc2)[nH]1. The Kier molecular flexibility index (Phi) is 6.13. The normalized spacial score (nSPS) is 13.3. The van der Waals surface area contributed by atoms with E-state index in [9.17, 15) is 16.8 Å². The van der Waals surface area contributed by atoms with Crippen LogP contribution in [0, 0.1) is 0 Å². The molecule has 0 aliphatic heterocycles. The summed E-state index contributed by atoms with van der Waals surface area (Å²) in [5, 5.41) is -0.0656. The minimum atomic E-state index is -4.09. The van der Waals surface area contributed by atoms with Crippen LogP contribution in [0.25, 0.3) is 11.3 Å². The Morgan fingerprint density at radius 1 is 1.10 bits per heavy atom. The molecule has 1 heterocycles. The highest BCUT2D eigenvalue weighted by atomic mass is 35.5. The first-order valence-electron chi connectivity index (χ1n) is 8.74. The van der Waals surface area contributed by atoms with E-state index in [0.717, 1.165) is 23.6 Å². The van der Waals surface area contributed by atoms with Crippen LogP contribution in [0.5, 0.6) is 0 Å². The first-order chi connectivity index (χ1) is 13.6. The fourth-order valence-corrected chi connectivity index (χ4v) is 5.31. The molecule has 2 aromatic carbocycles. The maximum Gasteiger partial charge on any atom is 0.242 e. The van der Waals surface area contributed by atoms with Gasteiger partial charge in [0.15, 0.2) is 9.84 Å². The third-order valence-corrected chi connectivity index (χ3v) is 7.40. The van der Waals surface area contributed by atoms with Crippen molar-refractivity contribution in [3.8, 4) is 11.3 Å². The Bertz CT molecular complexity index is 1220. The molecule has 2 N–H and O–H groups in total. The number of benzene rings is 2. The molecule has 0 saturated carbocycles. The van der Waals surface area contributed by atoms with E-state index in [1.165, 1.54) is 12.1 Å². The molecule has 0 bridgehead atoms. The van der Waals surface area contributed by atoms with Crippen LogP contribution in [-0.2, 0) is 19.9 Å². The lowest BCUT2D eigenvalue weighted by atomic mass is 10.2. The number of sulfonamides is 1. The standard InChI is InChI=1S/C19H20ClN3O4S2/c1-3-16(19-21-12-17(22-19)13-7-5-4-6-8-13)23-29(26,27)18-11-14(28(2,24)25)9-10-15(18)20/h4-12,16,23H,3H2,1-2H3,(H,21,22). The summed E-state index contributed by atoms with van der Waals surface area (Å²) in [5.41, 5.74) is 1.68. The number of aromatic amines is 1. The fraction of sp³-hybridized carbons (Fsp3) is 0.211. The van der Waals surface area contributed by atoms with Gasteiger partial charge in [-0.05, 0) is 30.2 Å². The molecule has 29 heavy (non-hydrogen) atoms. The van der Waals surface area contributed by atoms with Crippen LogP contribution in [0.3, 0.4) is 0 Å². The third-order valence-electron chi connectivity index (χ3n) is 4.34. The zero-order valence-corrected chi connectivity index (χ0v) is 18.1. The molecule has 7 nitrogen and oxygen atoms in total. The van der Waals surface area contributed by atoms with Gasteiger partial charge in [0.25, 0.3) is 0 Å². The fourth-order valence-electron chi connectivity index (χ4n) is 2.78. The summed E-state index contributed by atoms with van der Waals surface area (Å²) in [5.74, 6) is 0.449. The number of rotatable bonds is 7. The first-order valence-corrected chi connectivity index (χ1v) is 12.5. The summed E-state index contributed by atoms with van der Waals surface area (Å²) >= 11 is 6.05. The Morgan fingerprint density at radius 2 is 1.79 bits per heavy atom. The van der Waals surface area contributed by atoms with E-state index in [-0.39, 0.29) is 14.8 Å². The predicted molar refractivity (Wildman–Crippen MR) is 112 cm³/mol. The van der Waals surface area contributed by atoms with Crippen LogP contribution in [0.4, 0.5) is 0 Å². The molecule has 1 atom stereocenters.